The summed E-state index contributed by atoms with van der Waals surface area (Å²) in [6.07, 6.45) is 23.8. The van der Waals surface area contributed by atoms with Crippen molar-refractivity contribution in [2.45, 2.75) is 230 Å². The Morgan fingerprint density at radius 2 is 0.526 bits per heavy atom. The van der Waals surface area contributed by atoms with E-state index >= 15 is 0 Å². The van der Waals surface area contributed by atoms with Crippen LogP contribution < -0.4 is 0 Å². The number of rotatable bonds is 9. The van der Waals surface area contributed by atoms with Gasteiger partial charge in [0.15, 0.2) is 0 Å². The Morgan fingerprint density at radius 1 is 0.342 bits per heavy atom. The van der Waals surface area contributed by atoms with Crippen LogP contribution in [0.25, 0.3) is 0 Å². The second kappa shape index (κ2) is 19.6. The van der Waals surface area contributed by atoms with E-state index in [1.807, 2.05) is 0 Å². The average Bonchev–Trinajstić information content (AvgIpc) is 3.42. The van der Waals surface area contributed by atoms with Crippen LogP contribution in [-0.2, 0) is 52.1 Å². The molecular formula is C69H99N3O3U+3. The summed E-state index contributed by atoms with van der Waals surface area (Å²) in [6.45, 7) is 28.8. The Morgan fingerprint density at radius 3 is 0.697 bits per heavy atom. The van der Waals surface area contributed by atoms with Crippen LogP contribution >= 0.6 is 0 Å². The van der Waals surface area contributed by atoms with Crippen molar-refractivity contribution >= 4 is 0 Å². The van der Waals surface area contributed by atoms with Gasteiger partial charge in [0.25, 0.3) is 0 Å². The fourth-order valence-corrected chi connectivity index (χ4v) is 20.7. The van der Waals surface area contributed by atoms with Gasteiger partial charge in [0.05, 0.1) is 0 Å². The fourth-order valence-electron chi connectivity index (χ4n) is 20.7. The Kier molecular flexibility index (Phi) is 14.1. The molecule has 3 N–H and O–H groups in total. The first-order valence-corrected chi connectivity index (χ1v) is 31.2. The first-order chi connectivity index (χ1) is 35.5. The molecule has 0 spiro atoms. The van der Waals surface area contributed by atoms with Gasteiger partial charge < -0.3 is 15.3 Å². The van der Waals surface area contributed by atoms with Gasteiger partial charge in [-0.05, 0) is 218 Å². The standard InChI is InChI=1S/C69H99N3O3.U/c1-64(2,3)55-25-52(61(73)58(28-55)67-31-43-16-44(32-67)18-45(17-43)33-67)40-70-10-12-71(41-53-26-56(65(4,5)6)29-59(62(53)74)68-34-46-19-47(35-68)21-48(20-46)36-68)14-15-72(13-11-70)42-54-27-57(66(7,8)9)30-60(63(54)75)69-37-49-22-50(38-69)24-51(23-49)39-69;/h25-30,43-51,73-75H,10-24,31-42H2,1-9H3;/q;+3. The molecule has 7 heteroatoms. The minimum Gasteiger partial charge on any atom is -0.507 e. The third-order valence-corrected chi connectivity index (χ3v) is 23.4. The first kappa shape index (κ1) is 54.6. The molecule has 6 nitrogen and oxygen atoms in total. The molecule has 76 heavy (non-hydrogen) atoms. The molecule has 12 bridgehead atoms. The smallest absolute Gasteiger partial charge is 0.507 e. The SMILES string of the molecule is CC(C)(C)c1cc(CN2CCN(Cc3cc(C(C)(C)C)cc(C45CC6CC(CC(C6)C4)C5)c3O)CCN(Cc3cc(C(C)(C)C)cc(C45CC6CC(CC(C6)C4)C5)c3O)CC2)c(O)c(C23CC4CC(CC(C4)C2)C3)c1.[U+3]. The molecule has 13 aliphatic rings. The molecule has 0 amide bonds. The van der Waals surface area contributed by atoms with Crippen LogP contribution in [0.4, 0.5) is 0 Å². The Bertz CT molecular complexity index is 2280. The summed E-state index contributed by atoms with van der Waals surface area (Å²) in [6, 6.07) is 14.5. The normalized spacial score (nSPS) is 36.4. The Labute approximate surface area is 484 Å². The van der Waals surface area contributed by atoms with Crippen molar-refractivity contribution in [1.82, 2.24) is 14.7 Å². The summed E-state index contributed by atoms with van der Waals surface area (Å²) in [5.74, 6) is 9.06. The molecule has 1 heterocycles. The van der Waals surface area contributed by atoms with E-state index < -0.39 is 0 Å². The number of hydrogen-bond donors (Lipinski definition) is 3. The van der Waals surface area contributed by atoms with E-state index in [0.29, 0.717) is 17.2 Å². The van der Waals surface area contributed by atoms with Crippen LogP contribution in [0.5, 0.6) is 17.2 Å². The molecule has 3 aromatic carbocycles. The van der Waals surface area contributed by atoms with Gasteiger partial charge in [-0.1, -0.05) is 98.7 Å². The number of aromatic hydroxyl groups is 3. The predicted molar refractivity (Wildman–Crippen MR) is 306 cm³/mol. The molecule has 1 saturated heterocycles. The van der Waals surface area contributed by atoms with Gasteiger partial charge in [0.2, 0.25) is 0 Å². The number of hydrogen-bond acceptors (Lipinski definition) is 6. The molecule has 12 aliphatic carbocycles. The Hall–Kier alpha value is -2.01. The van der Waals surface area contributed by atoms with Crippen molar-refractivity contribution in [1.29, 1.82) is 0 Å². The zero-order chi connectivity index (χ0) is 52.2. The van der Waals surface area contributed by atoms with E-state index in [2.05, 4.69) is 113 Å². The Balaban J connectivity index is 0.00000582. The zero-order valence-electron chi connectivity index (χ0n) is 48.9. The third kappa shape index (κ3) is 10.1. The van der Waals surface area contributed by atoms with Crippen LogP contribution in [0, 0.1) is 84.4 Å². The number of benzene rings is 3. The molecule has 12 saturated carbocycles. The minimum absolute atomic E-state index is 0. The molecule has 16 rings (SSSR count). The van der Waals surface area contributed by atoms with E-state index in [9.17, 15) is 15.3 Å². The van der Waals surface area contributed by atoms with Gasteiger partial charge in [0.1, 0.15) is 17.2 Å². The van der Waals surface area contributed by atoms with E-state index in [-0.39, 0.29) is 63.6 Å². The summed E-state index contributed by atoms with van der Waals surface area (Å²) < 4.78 is 0. The quantitative estimate of drug-likeness (QED) is 0.198. The van der Waals surface area contributed by atoms with Gasteiger partial charge in [-0.25, -0.2) is 0 Å². The van der Waals surface area contributed by atoms with Crippen LogP contribution in [0.15, 0.2) is 36.4 Å². The molecular weight excluding hydrogens is 1160 g/mol. The van der Waals surface area contributed by atoms with Crippen molar-refractivity contribution < 1.29 is 46.4 Å². The van der Waals surface area contributed by atoms with Crippen LogP contribution in [0.3, 0.4) is 0 Å². The minimum atomic E-state index is -0.0297. The summed E-state index contributed by atoms with van der Waals surface area (Å²) in [5.41, 5.74) is 11.4. The fraction of sp³-hybridized carbons (Fsp3) is 0.739. The monoisotopic (exact) mass is 1260 g/mol. The topological polar surface area (TPSA) is 70.4 Å². The predicted octanol–water partition coefficient (Wildman–Crippen LogP) is 14.9. The summed E-state index contributed by atoms with van der Waals surface area (Å²) >= 11 is 0. The second-order valence-electron chi connectivity index (χ2n) is 32.3. The summed E-state index contributed by atoms with van der Waals surface area (Å²) in [4.78, 5) is 7.98. The van der Waals surface area contributed by atoms with Gasteiger partial charge in [-0.2, -0.15) is 0 Å². The van der Waals surface area contributed by atoms with Crippen LogP contribution in [0.2, 0.25) is 0 Å². The average molecular weight is 1260 g/mol. The molecule has 1 radical (unpaired) electrons. The number of phenolic OH excluding ortho intramolecular Hbond substituents is 3. The zero-order valence-corrected chi connectivity index (χ0v) is 53.1. The molecule has 1 aliphatic heterocycles. The van der Waals surface area contributed by atoms with Crippen molar-refractivity contribution in [3.63, 3.8) is 0 Å². The maximum absolute atomic E-state index is 12.8. The largest absolute Gasteiger partial charge is 3.00 e. The number of phenols is 3. The van der Waals surface area contributed by atoms with Gasteiger partial charge >= 0.3 is 31.1 Å². The van der Waals surface area contributed by atoms with Crippen LogP contribution in [-0.4, -0.2) is 69.3 Å². The van der Waals surface area contributed by atoms with Gasteiger partial charge in [0, 0.05) is 92.3 Å². The van der Waals surface area contributed by atoms with E-state index in [0.717, 1.165) is 129 Å². The van der Waals surface area contributed by atoms with E-state index in [1.165, 1.54) is 149 Å². The molecule has 0 atom stereocenters. The first-order valence-electron chi connectivity index (χ1n) is 31.2. The van der Waals surface area contributed by atoms with Crippen LogP contribution in [0.1, 0.15) is 228 Å². The van der Waals surface area contributed by atoms with E-state index in [4.69, 9.17) is 0 Å². The van der Waals surface area contributed by atoms with Crippen molar-refractivity contribution in [3.8, 4) is 17.2 Å². The molecule has 0 unspecified atom stereocenters. The summed E-state index contributed by atoms with van der Waals surface area (Å²) in [5, 5.41) is 38.4. The molecule has 3 aromatic rings. The van der Waals surface area contributed by atoms with Gasteiger partial charge in [-0.15, -0.1) is 0 Å². The summed E-state index contributed by atoms with van der Waals surface area (Å²) in [7, 11) is 0. The second-order valence-corrected chi connectivity index (χ2v) is 32.3. The van der Waals surface area contributed by atoms with Crippen molar-refractivity contribution in [3.05, 3.63) is 86.5 Å². The third-order valence-electron chi connectivity index (χ3n) is 23.4. The maximum Gasteiger partial charge on any atom is 3.00 e. The number of nitrogens with zero attached hydrogens (tertiary/aromatic N) is 3. The van der Waals surface area contributed by atoms with Gasteiger partial charge in [-0.3, -0.25) is 14.7 Å². The van der Waals surface area contributed by atoms with E-state index in [1.54, 1.807) is 0 Å². The molecule has 409 valence electrons. The molecule has 0 aromatic heterocycles. The maximum atomic E-state index is 12.8. The van der Waals surface area contributed by atoms with Crippen molar-refractivity contribution in [2.75, 3.05) is 39.3 Å². The molecule has 13 fully saturated rings. The van der Waals surface area contributed by atoms with Crippen molar-refractivity contribution in [2.24, 2.45) is 53.3 Å².